The lowest BCUT2D eigenvalue weighted by molar-refractivity contribution is -0.0498. The molecule has 2 unspecified atom stereocenters. The lowest BCUT2D eigenvalue weighted by Crippen LogP contribution is -2.43. The van der Waals surface area contributed by atoms with Crippen LogP contribution < -0.4 is 15.0 Å². The molecule has 2 bridgehead atoms. The van der Waals surface area contributed by atoms with Crippen LogP contribution in [0.1, 0.15) is 12.8 Å². The Labute approximate surface area is 182 Å². The maximum Gasteiger partial charge on any atom is 0.387 e. The molecule has 0 spiro atoms. The minimum absolute atomic E-state index is 0.0437. The summed E-state index contributed by atoms with van der Waals surface area (Å²) in [5.41, 5.74) is 1.42. The van der Waals surface area contributed by atoms with E-state index >= 15 is 0 Å². The summed E-state index contributed by atoms with van der Waals surface area (Å²) in [6, 6.07) is 9.29. The smallest absolute Gasteiger partial charge is 0.387 e. The molecule has 1 N–H and O–H groups in total. The number of anilines is 3. The fourth-order valence-electron chi connectivity index (χ4n) is 4.01. The third kappa shape index (κ3) is 4.45. The van der Waals surface area contributed by atoms with Gasteiger partial charge in [-0.3, -0.25) is 0 Å². The van der Waals surface area contributed by atoms with Crippen LogP contribution in [0.4, 0.5) is 30.6 Å². The molecule has 0 saturated carbocycles. The van der Waals surface area contributed by atoms with Crippen molar-refractivity contribution in [2.24, 2.45) is 0 Å². The van der Waals surface area contributed by atoms with Gasteiger partial charge in [-0.25, -0.2) is 9.97 Å². The van der Waals surface area contributed by atoms with E-state index in [1.807, 2.05) is 0 Å². The van der Waals surface area contributed by atoms with E-state index in [0.717, 1.165) is 25.9 Å². The predicted molar refractivity (Wildman–Crippen MR) is 112 cm³/mol. The van der Waals surface area contributed by atoms with Crippen LogP contribution in [0.15, 0.2) is 48.8 Å². The van der Waals surface area contributed by atoms with Gasteiger partial charge < -0.3 is 19.7 Å². The highest BCUT2D eigenvalue weighted by Crippen LogP contribution is 2.30. The molecule has 166 valence electrons. The summed E-state index contributed by atoms with van der Waals surface area (Å²) in [5.74, 6) is 0.361. The number of rotatable bonds is 6. The zero-order valence-electron chi connectivity index (χ0n) is 16.9. The number of alkyl halides is 2. The Bertz CT molecular complexity index is 1090. The second-order valence-corrected chi connectivity index (χ2v) is 7.69. The summed E-state index contributed by atoms with van der Waals surface area (Å²) in [6.45, 7) is -1.43. The molecule has 0 aliphatic carbocycles. The first-order chi connectivity index (χ1) is 15.5. The second-order valence-electron chi connectivity index (χ2n) is 7.69. The van der Waals surface area contributed by atoms with Crippen LogP contribution in [-0.4, -0.2) is 46.9 Å². The summed E-state index contributed by atoms with van der Waals surface area (Å²) in [4.78, 5) is 14.8. The van der Waals surface area contributed by atoms with Crippen LogP contribution in [0.2, 0.25) is 0 Å². The first kappa shape index (κ1) is 20.5. The number of hydrogen-bond acceptors (Lipinski definition) is 7. The van der Waals surface area contributed by atoms with Crippen LogP contribution >= 0.6 is 0 Å². The van der Waals surface area contributed by atoms with Crippen LogP contribution in [-0.2, 0) is 4.74 Å². The van der Waals surface area contributed by atoms with E-state index < -0.39 is 12.6 Å². The van der Waals surface area contributed by atoms with E-state index in [1.165, 1.54) is 18.3 Å². The minimum atomic E-state index is -2.89. The summed E-state index contributed by atoms with van der Waals surface area (Å²) in [7, 11) is 0. The van der Waals surface area contributed by atoms with Gasteiger partial charge in [-0.05, 0) is 42.7 Å². The van der Waals surface area contributed by atoms with Gasteiger partial charge in [0.2, 0.25) is 11.9 Å². The molecule has 0 radical (unpaired) electrons. The summed E-state index contributed by atoms with van der Waals surface area (Å²) >= 11 is 0. The number of hydrogen-bond donors (Lipinski definition) is 1. The quantitative estimate of drug-likeness (QED) is 0.567. The molecule has 2 aliphatic heterocycles. The molecular formula is C22H20F3N5O2. The third-order valence-electron chi connectivity index (χ3n) is 5.48. The number of benzene rings is 1. The molecule has 2 saturated heterocycles. The SMILES string of the molecule is Fc1ncc(-c2ccc(OC(F)F)cc2)cc1Nc1ccnc(N2CC3CCC(C2)O3)n1. The van der Waals surface area contributed by atoms with Gasteiger partial charge in [-0.2, -0.15) is 18.2 Å². The maximum atomic E-state index is 14.4. The fraction of sp³-hybridized carbons (Fsp3) is 0.318. The van der Waals surface area contributed by atoms with Crippen LogP contribution in [0, 0.1) is 5.95 Å². The van der Waals surface area contributed by atoms with E-state index in [9.17, 15) is 13.2 Å². The standard InChI is InChI=1S/C22H20F3N5O2/c23-20-18(9-14(10-27-20)13-1-3-15(4-2-13)32-21(24)25)28-19-7-8-26-22(29-19)30-11-16-5-6-17(12-30)31-16/h1-4,7-10,16-17,21H,5-6,11-12H2,(H,26,28,29). The van der Waals surface area contributed by atoms with Crippen molar-refractivity contribution in [1.29, 1.82) is 0 Å². The van der Waals surface area contributed by atoms with Gasteiger partial charge in [0.1, 0.15) is 11.6 Å². The largest absolute Gasteiger partial charge is 0.435 e. The molecular weight excluding hydrogens is 423 g/mol. The van der Waals surface area contributed by atoms with Crippen molar-refractivity contribution >= 4 is 17.5 Å². The Morgan fingerprint density at radius 2 is 1.78 bits per heavy atom. The lowest BCUT2D eigenvalue weighted by Gasteiger charge is -2.32. The molecule has 2 fully saturated rings. The van der Waals surface area contributed by atoms with Crippen molar-refractivity contribution in [3.63, 3.8) is 0 Å². The van der Waals surface area contributed by atoms with Crippen LogP contribution in [0.25, 0.3) is 11.1 Å². The molecule has 1 aromatic carbocycles. The Kier molecular flexibility index (Phi) is 5.52. The van der Waals surface area contributed by atoms with Gasteiger partial charge in [0.15, 0.2) is 0 Å². The monoisotopic (exact) mass is 443 g/mol. The number of pyridine rings is 1. The lowest BCUT2D eigenvalue weighted by atomic mass is 10.1. The Balaban J connectivity index is 1.34. The van der Waals surface area contributed by atoms with Gasteiger partial charge >= 0.3 is 6.61 Å². The van der Waals surface area contributed by atoms with Crippen molar-refractivity contribution in [3.8, 4) is 16.9 Å². The summed E-state index contributed by atoms with van der Waals surface area (Å²) in [6.07, 6.45) is 5.47. The maximum absolute atomic E-state index is 14.4. The van der Waals surface area contributed by atoms with Gasteiger partial charge in [-0.15, -0.1) is 0 Å². The Hall–Kier alpha value is -3.40. The number of halogens is 3. The first-order valence-corrected chi connectivity index (χ1v) is 10.2. The fourth-order valence-corrected chi connectivity index (χ4v) is 4.01. The van der Waals surface area contributed by atoms with Gasteiger partial charge in [-0.1, -0.05) is 12.1 Å². The summed E-state index contributed by atoms with van der Waals surface area (Å²) < 4.78 is 49.3. The molecule has 0 amide bonds. The van der Waals surface area contributed by atoms with E-state index in [4.69, 9.17) is 4.74 Å². The highest BCUT2D eigenvalue weighted by atomic mass is 19.3. The third-order valence-corrected chi connectivity index (χ3v) is 5.48. The number of morpholine rings is 1. The summed E-state index contributed by atoms with van der Waals surface area (Å²) in [5, 5.41) is 2.97. The Morgan fingerprint density at radius 1 is 1.03 bits per heavy atom. The Morgan fingerprint density at radius 3 is 2.50 bits per heavy atom. The zero-order chi connectivity index (χ0) is 22.1. The van der Waals surface area contributed by atoms with E-state index in [-0.39, 0.29) is 23.6 Å². The van der Waals surface area contributed by atoms with Gasteiger partial charge in [0.25, 0.3) is 0 Å². The van der Waals surface area contributed by atoms with E-state index in [2.05, 4.69) is 29.9 Å². The molecule has 32 heavy (non-hydrogen) atoms. The van der Waals surface area contributed by atoms with Gasteiger partial charge in [0, 0.05) is 31.0 Å². The molecule has 10 heteroatoms. The predicted octanol–water partition coefficient (Wildman–Crippen LogP) is 4.39. The molecule has 2 atom stereocenters. The molecule has 2 aliphatic rings. The number of fused-ring (bicyclic) bond motifs is 2. The number of ether oxygens (including phenoxy) is 2. The highest BCUT2D eigenvalue weighted by molar-refractivity contribution is 5.69. The van der Waals surface area contributed by atoms with Crippen LogP contribution in [0.5, 0.6) is 5.75 Å². The van der Waals surface area contributed by atoms with Crippen molar-refractivity contribution in [2.45, 2.75) is 31.7 Å². The minimum Gasteiger partial charge on any atom is -0.435 e. The molecule has 7 nitrogen and oxygen atoms in total. The molecule has 5 rings (SSSR count). The van der Waals surface area contributed by atoms with Crippen LogP contribution in [0.3, 0.4) is 0 Å². The second kappa shape index (κ2) is 8.62. The van der Waals surface area contributed by atoms with Crippen molar-refractivity contribution in [2.75, 3.05) is 23.3 Å². The van der Waals surface area contributed by atoms with Crippen molar-refractivity contribution < 1.29 is 22.6 Å². The van der Waals surface area contributed by atoms with E-state index in [0.29, 0.717) is 22.9 Å². The highest BCUT2D eigenvalue weighted by Gasteiger charge is 2.34. The zero-order valence-corrected chi connectivity index (χ0v) is 16.9. The topological polar surface area (TPSA) is 72.4 Å². The van der Waals surface area contributed by atoms with Gasteiger partial charge in [0.05, 0.1) is 17.9 Å². The van der Waals surface area contributed by atoms with Crippen molar-refractivity contribution in [3.05, 3.63) is 54.7 Å². The number of nitrogens with one attached hydrogen (secondary N) is 1. The molecule has 4 heterocycles. The van der Waals surface area contributed by atoms with E-state index in [1.54, 1.807) is 30.5 Å². The molecule has 2 aromatic heterocycles. The van der Waals surface area contributed by atoms with Crippen molar-refractivity contribution in [1.82, 2.24) is 15.0 Å². The number of nitrogens with zero attached hydrogens (tertiary/aromatic N) is 4. The molecule has 3 aromatic rings. The average Bonchev–Trinajstić information content (AvgIpc) is 3.13. The average molecular weight is 443 g/mol. The first-order valence-electron chi connectivity index (χ1n) is 10.2. The normalized spacial score (nSPS) is 19.9. The number of aromatic nitrogens is 3.